The van der Waals surface area contributed by atoms with Gasteiger partial charge in [-0.05, 0) is 49.4 Å². The number of anilines is 1. The van der Waals surface area contributed by atoms with Gasteiger partial charge in [-0.3, -0.25) is 9.59 Å². The van der Waals surface area contributed by atoms with E-state index >= 15 is 0 Å². The molecule has 34 heavy (non-hydrogen) atoms. The summed E-state index contributed by atoms with van der Waals surface area (Å²) in [6.45, 7) is 4.14. The summed E-state index contributed by atoms with van der Waals surface area (Å²) in [6.07, 6.45) is -4.60. The highest BCUT2D eigenvalue weighted by atomic mass is 32.2. The van der Waals surface area contributed by atoms with Crippen LogP contribution in [-0.4, -0.2) is 62.2 Å². The number of hydrogen-bond acceptors (Lipinski definition) is 5. The Kier molecular flexibility index (Phi) is 7.51. The number of carbonyl (C=O) groups excluding carboxylic acids is 2. The lowest BCUT2D eigenvalue weighted by Gasteiger charge is -2.33. The van der Waals surface area contributed by atoms with Crippen molar-refractivity contribution in [1.82, 2.24) is 9.21 Å². The molecule has 2 amide bonds. The summed E-state index contributed by atoms with van der Waals surface area (Å²) in [5.41, 5.74) is -1.04. The van der Waals surface area contributed by atoms with Gasteiger partial charge in [0, 0.05) is 38.7 Å². The average Bonchev–Trinajstić information content (AvgIpc) is 2.79. The number of benzene rings is 2. The minimum Gasteiger partial charge on any atom is -0.492 e. The minimum atomic E-state index is -4.60. The molecule has 184 valence electrons. The Hall–Kier alpha value is -3.12. The van der Waals surface area contributed by atoms with Crippen LogP contribution in [0.3, 0.4) is 0 Å². The number of rotatable bonds is 6. The van der Waals surface area contributed by atoms with Crippen LogP contribution in [0.25, 0.3) is 0 Å². The fourth-order valence-corrected chi connectivity index (χ4v) is 4.87. The summed E-state index contributed by atoms with van der Waals surface area (Å²) in [5.74, 6) is -0.771. The zero-order chi connectivity index (χ0) is 25.1. The lowest BCUT2D eigenvalue weighted by Crippen LogP contribution is -2.49. The summed E-state index contributed by atoms with van der Waals surface area (Å²) in [5, 5.41) is 2.40. The van der Waals surface area contributed by atoms with Crippen LogP contribution in [0.4, 0.5) is 18.9 Å². The Morgan fingerprint density at radius 3 is 2.18 bits per heavy atom. The van der Waals surface area contributed by atoms with Crippen molar-refractivity contribution in [2.75, 3.05) is 38.1 Å². The van der Waals surface area contributed by atoms with Crippen molar-refractivity contribution in [3.8, 4) is 5.75 Å². The number of nitrogens with zero attached hydrogens (tertiary/aromatic N) is 2. The summed E-state index contributed by atoms with van der Waals surface area (Å²) in [7, 11) is -3.83. The van der Waals surface area contributed by atoms with Gasteiger partial charge in [0.2, 0.25) is 15.9 Å². The molecule has 1 N–H and O–H groups in total. The molecule has 0 spiro atoms. The van der Waals surface area contributed by atoms with Crippen LogP contribution in [0.5, 0.6) is 5.75 Å². The second-order valence-corrected chi connectivity index (χ2v) is 9.47. The smallest absolute Gasteiger partial charge is 0.416 e. The number of halogens is 3. The second kappa shape index (κ2) is 10.0. The molecule has 1 saturated heterocycles. The third-order valence-corrected chi connectivity index (χ3v) is 7.21. The predicted octanol–water partition coefficient (Wildman–Crippen LogP) is 3.21. The van der Waals surface area contributed by atoms with E-state index in [4.69, 9.17) is 4.74 Å². The van der Waals surface area contributed by atoms with E-state index in [-0.39, 0.29) is 60.6 Å². The molecule has 2 aromatic carbocycles. The van der Waals surface area contributed by atoms with Crippen molar-refractivity contribution in [3.63, 3.8) is 0 Å². The first-order chi connectivity index (χ1) is 15.9. The largest absolute Gasteiger partial charge is 0.492 e. The normalized spacial score (nSPS) is 15.1. The second-order valence-electron chi connectivity index (χ2n) is 7.53. The van der Waals surface area contributed by atoms with Gasteiger partial charge in [-0.15, -0.1) is 0 Å². The Bertz CT molecular complexity index is 1160. The minimum absolute atomic E-state index is 0.0330. The number of alkyl halides is 3. The topological polar surface area (TPSA) is 96.0 Å². The SMILES string of the molecule is CCOc1ccc(C(F)(F)F)cc1NC(=O)c1ccc(S(=O)(=O)N2CCN(C(C)=O)CC2)cc1. The van der Waals surface area contributed by atoms with Crippen molar-refractivity contribution in [2.45, 2.75) is 24.9 Å². The van der Waals surface area contributed by atoms with Crippen molar-refractivity contribution in [3.05, 3.63) is 53.6 Å². The zero-order valence-corrected chi connectivity index (χ0v) is 19.4. The van der Waals surface area contributed by atoms with E-state index in [1.165, 1.54) is 35.5 Å². The molecule has 0 atom stereocenters. The van der Waals surface area contributed by atoms with Gasteiger partial charge in [-0.25, -0.2) is 8.42 Å². The van der Waals surface area contributed by atoms with Crippen LogP contribution in [-0.2, 0) is 21.0 Å². The van der Waals surface area contributed by atoms with Crippen molar-refractivity contribution >= 4 is 27.5 Å². The van der Waals surface area contributed by atoms with Crippen LogP contribution in [0, 0.1) is 0 Å². The Morgan fingerprint density at radius 2 is 1.65 bits per heavy atom. The molecular weight excluding hydrogens is 475 g/mol. The first-order valence-corrected chi connectivity index (χ1v) is 11.9. The molecule has 3 rings (SSSR count). The van der Waals surface area contributed by atoms with E-state index in [1.54, 1.807) is 11.8 Å². The van der Waals surface area contributed by atoms with E-state index in [0.29, 0.717) is 0 Å². The Morgan fingerprint density at radius 1 is 1.03 bits per heavy atom. The maximum atomic E-state index is 13.1. The maximum Gasteiger partial charge on any atom is 0.416 e. The zero-order valence-electron chi connectivity index (χ0n) is 18.6. The number of sulfonamides is 1. The first-order valence-electron chi connectivity index (χ1n) is 10.4. The van der Waals surface area contributed by atoms with Crippen LogP contribution >= 0.6 is 0 Å². The van der Waals surface area contributed by atoms with Crippen LogP contribution in [0.15, 0.2) is 47.4 Å². The molecule has 1 aliphatic heterocycles. The highest BCUT2D eigenvalue weighted by molar-refractivity contribution is 7.89. The number of piperazine rings is 1. The monoisotopic (exact) mass is 499 g/mol. The van der Waals surface area contributed by atoms with Gasteiger partial charge >= 0.3 is 6.18 Å². The van der Waals surface area contributed by atoms with Gasteiger partial charge < -0.3 is 15.0 Å². The number of amides is 2. The third-order valence-electron chi connectivity index (χ3n) is 5.29. The van der Waals surface area contributed by atoms with Crippen molar-refractivity contribution in [2.24, 2.45) is 0 Å². The summed E-state index contributed by atoms with van der Waals surface area (Å²) < 4.78 is 71.6. The van der Waals surface area contributed by atoms with Crippen LogP contribution in [0.1, 0.15) is 29.8 Å². The lowest BCUT2D eigenvalue weighted by atomic mass is 10.1. The molecule has 2 aromatic rings. The van der Waals surface area contributed by atoms with Gasteiger partial charge in [0.05, 0.1) is 22.8 Å². The molecule has 0 aromatic heterocycles. The number of hydrogen-bond donors (Lipinski definition) is 1. The molecule has 1 aliphatic rings. The van der Waals surface area contributed by atoms with E-state index in [0.717, 1.165) is 18.2 Å². The summed E-state index contributed by atoms with van der Waals surface area (Å²) >= 11 is 0. The quantitative estimate of drug-likeness (QED) is 0.659. The van der Waals surface area contributed by atoms with Crippen LogP contribution < -0.4 is 10.1 Å². The fourth-order valence-electron chi connectivity index (χ4n) is 3.45. The molecule has 0 saturated carbocycles. The van der Waals surface area contributed by atoms with Gasteiger partial charge in [-0.1, -0.05) is 0 Å². The Labute approximate surface area is 195 Å². The molecule has 8 nitrogen and oxygen atoms in total. The lowest BCUT2D eigenvalue weighted by molar-refractivity contribution is -0.137. The van der Waals surface area contributed by atoms with E-state index in [9.17, 15) is 31.2 Å². The van der Waals surface area contributed by atoms with E-state index < -0.39 is 27.7 Å². The molecular formula is C22H24F3N3O5S. The van der Waals surface area contributed by atoms with Crippen LogP contribution in [0.2, 0.25) is 0 Å². The molecule has 0 radical (unpaired) electrons. The van der Waals surface area contributed by atoms with Gasteiger partial charge in [0.15, 0.2) is 0 Å². The fraction of sp³-hybridized carbons (Fsp3) is 0.364. The van der Waals surface area contributed by atoms with Gasteiger partial charge in [0.25, 0.3) is 5.91 Å². The summed E-state index contributed by atoms with van der Waals surface area (Å²) in [4.78, 5) is 25.6. The molecule has 0 aliphatic carbocycles. The standard InChI is InChI=1S/C22H24F3N3O5S/c1-3-33-20-9-6-17(22(23,24)25)14-19(20)26-21(30)16-4-7-18(8-5-16)34(31,32)28-12-10-27(11-13-28)15(2)29/h4-9,14H,3,10-13H2,1-2H3,(H,26,30). The van der Waals surface area contributed by atoms with Crippen molar-refractivity contribution < 1.29 is 35.9 Å². The van der Waals surface area contributed by atoms with Gasteiger partial charge in [0.1, 0.15) is 5.75 Å². The van der Waals surface area contributed by atoms with E-state index in [1.807, 2.05) is 0 Å². The molecule has 0 bridgehead atoms. The average molecular weight is 500 g/mol. The molecule has 1 fully saturated rings. The molecule has 1 heterocycles. The van der Waals surface area contributed by atoms with E-state index in [2.05, 4.69) is 5.32 Å². The highest BCUT2D eigenvalue weighted by Gasteiger charge is 2.32. The summed E-state index contributed by atoms with van der Waals surface area (Å²) in [6, 6.07) is 7.85. The molecule has 12 heteroatoms. The number of nitrogens with one attached hydrogen (secondary N) is 1. The molecule has 0 unspecified atom stereocenters. The Balaban J connectivity index is 1.76. The number of ether oxygens (including phenoxy) is 1. The highest BCUT2D eigenvalue weighted by Crippen LogP contribution is 2.35. The third kappa shape index (κ3) is 5.68. The number of carbonyl (C=O) groups is 2. The first kappa shape index (κ1) is 25.5. The van der Waals surface area contributed by atoms with Gasteiger partial charge in [-0.2, -0.15) is 17.5 Å². The maximum absolute atomic E-state index is 13.1. The van der Waals surface area contributed by atoms with Crippen molar-refractivity contribution in [1.29, 1.82) is 0 Å². The predicted molar refractivity (Wildman–Crippen MR) is 118 cm³/mol.